The fraction of sp³-hybridized carbons (Fsp3) is 0.647. The number of amides is 1. The van der Waals surface area contributed by atoms with Crippen molar-refractivity contribution in [1.82, 2.24) is 29.1 Å². The van der Waals surface area contributed by atoms with Gasteiger partial charge in [0, 0.05) is 44.8 Å². The van der Waals surface area contributed by atoms with E-state index < -0.39 is 15.4 Å². The molecule has 2 atom stereocenters. The van der Waals surface area contributed by atoms with Crippen LogP contribution in [0.4, 0.5) is 0 Å². The van der Waals surface area contributed by atoms with Gasteiger partial charge in [0.2, 0.25) is 15.9 Å². The smallest absolute Gasteiger partial charge is 0.272 e. The van der Waals surface area contributed by atoms with Gasteiger partial charge >= 0.3 is 0 Å². The van der Waals surface area contributed by atoms with Gasteiger partial charge < -0.3 is 9.42 Å². The fourth-order valence-corrected chi connectivity index (χ4v) is 5.50. The van der Waals surface area contributed by atoms with Crippen LogP contribution in [0.5, 0.6) is 0 Å². The first kappa shape index (κ1) is 19.1. The van der Waals surface area contributed by atoms with E-state index in [0.717, 1.165) is 0 Å². The van der Waals surface area contributed by atoms with Crippen LogP contribution >= 0.6 is 0 Å². The second-order valence-corrected chi connectivity index (χ2v) is 9.67. The van der Waals surface area contributed by atoms with Crippen LogP contribution in [0.2, 0.25) is 0 Å². The highest BCUT2D eigenvalue weighted by Gasteiger charge is 2.59. The highest BCUT2D eigenvalue weighted by molar-refractivity contribution is 7.89. The van der Waals surface area contributed by atoms with E-state index >= 15 is 0 Å². The Kier molecular flexibility index (Phi) is 4.53. The van der Waals surface area contributed by atoms with Gasteiger partial charge in [0.15, 0.2) is 5.82 Å². The molecule has 0 aliphatic carbocycles. The number of aromatic nitrogens is 4. The van der Waals surface area contributed by atoms with Gasteiger partial charge in [-0.2, -0.15) is 10.1 Å². The van der Waals surface area contributed by atoms with Crippen LogP contribution in [0.25, 0.3) is 0 Å². The zero-order valence-electron chi connectivity index (χ0n) is 16.2. The molecule has 2 saturated heterocycles. The van der Waals surface area contributed by atoms with E-state index in [0.29, 0.717) is 43.6 Å². The number of hydrogen-bond acceptors (Lipinski definition) is 7. The van der Waals surface area contributed by atoms with Gasteiger partial charge in [-0.3, -0.25) is 9.48 Å². The van der Waals surface area contributed by atoms with Crippen LogP contribution < -0.4 is 0 Å². The summed E-state index contributed by atoms with van der Waals surface area (Å²) in [5.41, 5.74) is -0.159. The number of fused-ring (bicyclic) bond motifs is 1. The molecular weight excluding hydrogens is 384 g/mol. The lowest BCUT2D eigenvalue weighted by atomic mass is 9.81. The van der Waals surface area contributed by atoms with E-state index in [2.05, 4.69) is 15.2 Å². The lowest BCUT2D eigenvalue weighted by Crippen LogP contribution is -2.42. The van der Waals surface area contributed by atoms with Crippen LogP contribution in [0.15, 0.2) is 16.8 Å². The van der Waals surface area contributed by atoms with E-state index in [-0.39, 0.29) is 24.1 Å². The highest BCUT2D eigenvalue weighted by Crippen LogP contribution is 2.45. The SMILES string of the molecule is CCn1nccc1C(=O)N1C[C@H]2CN(S(=O)(=O)CC)C[C@@]2(c2nc(C)no2)C1. The van der Waals surface area contributed by atoms with Crippen molar-refractivity contribution in [3.05, 3.63) is 29.7 Å². The Hall–Kier alpha value is -2.27. The van der Waals surface area contributed by atoms with Gasteiger partial charge in [0.25, 0.3) is 5.91 Å². The van der Waals surface area contributed by atoms with Crippen LogP contribution in [0.1, 0.15) is 36.1 Å². The van der Waals surface area contributed by atoms with Gasteiger partial charge in [-0.15, -0.1) is 0 Å². The number of aryl methyl sites for hydroxylation is 2. The molecule has 2 aromatic rings. The molecule has 10 nitrogen and oxygen atoms in total. The number of likely N-dealkylation sites (tertiary alicyclic amines) is 1. The van der Waals surface area contributed by atoms with Gasteiger partial charge in [0.1, 0.15) is 5.69 Å². The summed E-state index contributed by atoms with van der Waals surface area (Å²) in [7, 11) is -3.34. The summed E-state index contributed by atoms with van der Waals surface area (Å²) in [4.78, 5) is 19.3. The van der Waals surface area contributed by atoms with E-state index in [1.165, 1.54) is 4.31 Å². The molecule has 4 heterocycles. The quantitative estimate of drug-likeness (QED) is 0.697. The average Bonchev–Trinajstić information content (AvgIpc) is 3.42. The Morgan fingerprint density at radius 1 is 1.32 bits per heavy atom. The summed E-state index contributed by atoms with van der Waals surface area (Å²) in [5, 5.41) is 8.07. The van der Waals surface area contributed by atoms with Gasteiger partial charge in [-0.05, 0) is 26.8 Å². The Labute approximate surface area is 163 Å². The second-order valence-electron chi connectivity index (χ2n) is 7.41. The molecule has 0 unspecified atom stereocenters. The lowest BCUT2D eigenvalue weighted by molar-refractivity contribution is 0.0760. The fourth-order valence-electron chi connectivity index (χ4n) is 4.30. The summed E-state index contributed by atoms with van der Waals surface area (Å²) in [5.74, 6) is 0.721. The van der Waals surface area contributed by atoms with Gasteiger partial charge in [0.05, 0.1) is 11.2 Å². The minimum absolute atomic E-state index is 0.0387. The molecule has 152 valence electrons. The number of carbonyl (C=O) groups is 1. The minimum Gasteiger partial charge on any atom is -0.339 e. The molecule has 2 aromatic heterocycles. The summed E-state index contributed by atoms with van der Waals surface area (Å²) >= 11 is 0. The number of carbonyl (C=O) groups excluding carboxylic acids is 1. The van der Waals surface area contributed by atoms with E-state index in [1.807, 2.05) is 6.92 Å². The first-order valence-corrected chi connectivity index (χ1v) is 11.0. The Balaban J connectivity index is 1.68. The maximum atomic E-state index is 13.1. The molecule has 2 aliphatic rings. The number of rotatable bonds is 5. The zero-order valence-corrected chi connectivity index (χ0v) is 17.0. The Morgan fingerprint density at radius 2 is 2.11 bits per heavy atom. The number of hydrogen-bond donors (Lipinski definition) is 0. The van der Waals surface area contributed by atoms with Crippen molar-refractivity contribution in [2.45, 2.75) is 32.7 Å². The van der Waals surface area contributed by atoms with E-state index in [1.54, 1.807) is 35.7 Å². The molecule has 2 aliphatic heterocycles. The zero-order chi connectivity index (χ0) is 20.1. The molecule has 2 fully saturated rings. The molecule has 4 rings (SSSR count). The van der Waals surface area contributed by atoms with Crippen molar-refractivity contribution in [2.24, 2.45) is 5.92 Å². The third-order valence-corrected chi connectivity index (χ3v) is 7.61. The minimum atomic E-state index is -3.34. The molecule has 0 bridgehead atoms. The van der Waals surface area contributed by atoms with Crippen molar-refractivity contribution in [3.8, 4) is 0 Å². The maximum absolute atomic E-state index is 13.1. The van der Waals surface area contributed by atoms with Crippen molar-refractivity contribution in [3.63, 3.8) is 0 Å². The standard InChI is InChI=1S/C17H24N6O4S/c1-4-23-14(6-7-18-23)15(24)21-8-13-9-22(28(25,26)5-2)11-17(13,10-21)16-19-12(3)20-27-16/h6-7,13H,4-5,8-11H2,1-3H3/t13-,17-/m0/s1. The second kappa shape index (κ2) is 6.66. The number of sulfonamides is 1. The van der Waals surface area contributed by atoms with Gasteiger partial charge in [-0.25, -0.2) is 12.7 Å². The highest BCUT2D eigenvalue weighted by atomic mass is 32.2. The first-order chi connectivity index (χ1) is 13.3. The Bertz CT molecular complexity index is 999. The monoisotopic (exact) mass is 408 g/mol. The van der Waals surface area contributed by atoms with Crippen molar-refractivity contribution >= 4 is 15.9 Å². The lowest BCUT2D eigenvalue weighted by Gasteiger charge is -2.25. The third kappa shape index (κ3) is 2.84. The molecule has 11 heteroatoms. The summed E-state index contributed by atoms with van der Waals surface area (Å²) in [6.07, 6.45) is 1.61. The van der Waals surface area contributed by atoms with Crippen LogP contribution in [0.3, 0.4) is 0 Å². The molecule has 28 heavy (non-hydrogen) atoms. The van der Waals surface area contributed by atoms with Crippen LogP contribution in [-0.4, -0.2) is 75.4 Å². The topological polar surface area (TPSA) is 114 Å². The first-order valence-electron chi connectivity index (χ1n) is 9.40. The molecule has 0 aromatic carbocycles. The van der Waals surface area contributed by atoms with Crippen molar-refractivity contribution in [2.75, 3.05) is 31.9 Å². The third-order valence-electron chi connectivity index (χ3n) is 5.81. The normalized spacial score (nSPS) is 25.4. The summed E-state index contributed by atoms with van der Waals surface area (Å²) < 4.78 is 33.6. The predicted molar refractivity (Wildman–Crippen MR) is 99.0 cm³/mol. The molecule has 0 radical (unpaired) electrons. The Morgan fingerprint density at radius 3 is 2.75 bits per heavy atom. The summed E-state index contributed by atoms with van der Waals surface area (Å²) in [6, 6.07) is 1.71. The predicted octanol–water partition coefficient (Wildman–Crippen LogP) is 0.270. The average molecular weight is 408 g/mol. The van der Waals surface area contributed by atoms with Crippen molar-refractivity contribution < 1.29 is 17.7 Å². The molecule has 1 amide bonds. The molecule has 0 N–H and O–H groups in total. The number of nitrogens with zero attached hydrogens (tertiary/aromatic N) is 6. The molecular formula is C17H24N6O4S. The van der Waals surface area contributed by atoms with Crippen LogP contribution in [0, 0.1) is 12.8 Å². The van der Waals surface area contributed by atoms with Gasteiger partial charge in [-0.1, -0.05) is 5.16 Å². The maximum Gasteiger partial charge on any atom is 0.272 e. The largest absolute Gasteiger partial charge is 0.339 e. The van der Waals surface area contributed by atoms with E-state index in [4.69, 9.17) is 4.52 Å². The van der Waals surface area contributed by atoms with Crippen LogP contribution in [-0.2, 0) is 22.0 Å². The molecule has 0 saturated carbocycles. The summed E-state index contributed by atoms with van der Waals surface area (Å²) in [6.45, 7) is 7.25. The van der Waals surface area contributed by atoms with Crippen molar-refractivity contribution in [1.29, 1.82) is 0 Å². The van der Waals surface area contributed by atoms with E-state index in [9.17, 15) is 13.2 Å². The molecule has 0 spiro atoms.